The van der Waals surface area contributed by atoms with E-state index in [1.807, 2.05) is 24.3 Å². The number of amides is 1. The van der Waals surface area contributed by atoms with E-state index in [1.54, 1.807) is 0 Å². The maximum absolute atomic E-state index is 12.0. The third-order valence-corrected chi connectivity index (χ3v) is 4.02. The number of hydrogen-bond acceptors (Lipinski definition) is 5. The van der Waals surface area contributed by atoms with Crippen molar-refractivity contribution in [2.75, 3.05) is 19.7 Å². The summed E-state index contributed by atoms with van der Waals surface area (Å²) in [6.45, 7) is 2.46. The van der Waals surface area contributed by atoms with E-state index >= 15 is 0 Å². The molecule has 21 heavy (non-hydrogen) atoms. The number of carbonyl (C=O) groups is 1. The van der Waals surface area contributed by atoms with Crippen LogP contribution in [0.4, 0.5) is 0 Å². The number of para-hydroxylation sites is 1. The first-order chi connectivity index (χ1) is 10.2. The minimum atomic E-state index is -0.340. The molecule has 1 aromatic heterocycles. The Morgan fingerprint density at radius 3 is 3.00 bits per heavy atom. The maximum Gasteiger partial charge on any atom is 0.269 e. The van der Waals surface area contributed by atoms with E-state index < -0.39 is 0 Å². The van der Waals surface area contributed by atoms with Gasteiger partial charge in [0.25, 0.3) is 5.91 Å². The normalized spacial score (nSPS) is 19.2. The lowest BCUT2D eigenvalue weighted by atomic mass is 10.1. The van der Waals surface area contributed by atoms with Crippen LogP contribution in [0.1, 0.15) is 22.5 Å². The van der Waals surface area contributed by atoms with Crippen LogP contribution in [0.15, 0.2) is 28.7 Å². The smallest absolute Gasteiger partial charge is 0.269 e. The van der Waals surface area contributed by atoms with Crippen LogP contribution in [0, 0.1) is 5.92 Å². The van der Waals surface area contributed by atoms with Crippen LogP contribution in [0.3, 0.4) is 0 Å². The fourth-order valence-corrected chi connectivity index (χ4v) is 2.94. The van der Waals surface area contributed by atoms with E-state index in [4.69, 9.17) is 10.3 Å². The number of nitrogens with one attached hydrogen (secondary N) is 1. The van der Waals surface area contributed by atoms with Gasteiger partial charge in [0.15, 0.2) is 0 Å². The Labute approximate surface area is 122 Å². The van der Waals surface area contributed by atoms with Crippen molar-refractivity contribution >= 4 is 16.9 Å². The number of nitrogens with zero attached hydrogens (tertiary/aromatic N) is 1. The second-order valence-corrected chi connectivity index (χ2v) is 5.44. The van der Waals surface area contributed by atoms with Crippen molar-refractivity contribution in [3.05, 3.63) is 35.6 Å². The van der Waals surface area contributed by atoms with Gasteiger partial charge < -0.3 is 9.52 Å². The average molecular weight is 289 g/mol. The molecule has 1 aromatic carbocycles. The minimum absolute atomic E-state index is 0.201. The Morgan fingerprint density at radius 1 is 1.48 bits per heavy atom. The molecule has 1 aliphatic heterocycles. The summed E-state index contributed by atoms with van der Waals surface area (Å²) in [7, 11) is 0. The van der Waals surface area contributed by atoms with Gasteiger partial charge in [-0.3, -0.25) is 15.1 Å². The van der Waals surface area contributed by atoms with Gasteiger partial charge in [0.1, 0.15) is 11.3 Å². The van der Waals surface area contributed by atoms with Crippen LogP contribution in [-0.2, 0) is 6.54 Å². The average Bonchev–Trinajstić information content (AvgIpc) is 3.10. The van der Waals surface area contributed by atoms with E-state index in [1.165, 1.54) is 0 Å². The molecule has 112 valence electrons. The van der Waals surface area contributed by atoms with Crippen molar-refractivity contribution in [1.29, 1.82) is 0 Å². The molecule has 1 unspecified atom stereocenters. The first-order valence-electron chi connectivity index (χ1n) is 7.07. The second-order valence-electron chi connectivity index (χ2n) is 5.44. The Hall–Kier alpha value is -1.89. The molecule has 0 aliphatic carbocycles. The molecule has 1 aliphatic rings. The third kappa shape index (κ3) is 2.65. The number of aliphatic hydroxyl groups is 1. The Morgan fingerprint density at radius 2 is 2.29 bits per heavy atom. The van der Waals surface area contributed by atoms with Crippen LogP contribution in [-0.4, -0.2) is 35.6 Å². The molecule has 6 heteroatoms. The molecule has 3 rings (SSSR count). The number of fused-ring (bicyclic) bond motifs is 1. The zero-order valence-electron chi connectivity index (χ0n) is 11.7. The lowest BCUT2D eigenvalue weighted by Crippen LogP contribution is -2.31. The fourth-order valence-electron chi connectivity index (χ4n) is 2.94. The predicted octanol–water partition coefficient (Wildman–Crippen LogP) is 0.851. The summed E-state index contributed by atoms with van der Waals surface area (Å²) in [6, 6.07) is 7.43. The number of nitrogen functional groups attached to an aromatic ring is 1. The van der Waals surface area contributed by atoms with Gasteiger partial charge in [-0.1, -0.05) is 18.2 Å². The van der Waals surface area contributed by atoms with E-state index in [-0.39, 0.29) is 12.5 Å². The maximum atomic E-state index is 12.0. The Balaban J connectivity index is 1.92. The molecule has 1 saturated heterocycles. The minimum Gasteiger partial charge on any atom is -0.459 e. The van der Waals surface area contributed by atoms with Crippen molar-refractivity contribution in [2.24, 2.45) is 11.8 Å². The third-order valence-electron chi connectivity index (χ3n) is 4.02. The number of hydrogen-bond donors (Lipinski definition) is 3. The van der Waals surface area contributed by atoms with Crippen molar-refractivity contribution in [3.8, 4) is 0 Å². The number of aliphatic hydroxyl groups excluding tert-OH is 1. The summed E-state index contributed by atoms with van der Waals surface area (Å²) in [6.07, 6.45) is 0.967. The lowest BCUT2D eigenvalue weighted by Gasteiger charge is -2.14. The van der Waals surface area contributed by atoms with Gasteiger partial charge in [-0.05, 0) is 24.9 Å². The van der Waals surface area contributed by atoms with E-state index in [0.717, 1.165) is 24.9 Å². The quantitative estimate of drug-likeness (QED) is 0.441. The van der Waals surface area contributed by atoms with Gasteiger partial charge in [0, 0.05) is 18.5 Å². The SMILES string of the molecule is NNC(=O)c1c(CN2CCC(CO)C2)oc2ccccc12. The highest BCUT2D eigenvalue weighted by Gasteiger charge is 2.26. The van der Waals surface area contributed by atoms with Gasteiger partial charge in [-0.25, -0.2) is 5.84 Å². The summed E-state index contributed by atoms with van der Waals surface area (Å²) in [4.78, 5) is 14.2. The number of likely N-dealkylation sites (tertiary alicyclic amines) is 1. The lowest BCUT2D eigenvalue weighted by molar-refractivity contribution is 0.0951. The molecule has 1 amide bonds. The van der Waals surface area contributed by atoms with Crippen molar-refractivity contribution < 1.29 is 14.3 Å². The highest BCUT2D eigenvalue weighted by molar-refractivity contribution is 6.07. The molecule has 1 atom stereocenters. The molecule has 0 radical (unpaired) electrons. The molecule has 4 N–H and O–H groups in total. The van der Waals surface area contributed by atoms with E-state index in [0.29, 0.717) is 29.4 Å². The Bertz CT molecular complexity index is 653. The number of furan rings is 1. The fraction of sp³-hybridized carbons (Fsp3) is 0.400. The van der Waals surface area contributed by atoms with Crippen LogP contribution < -0.4 is 11.3 Å². The summed E-state index contributed by atoms with van der Waals surface area (Å²) in [5.41, 5.74) is 3.37. The van der Waals surface area contributed by atoms with Crippen LogP contribution in [0.2, 0.25) is 0 Å². The molecule has 2 aromatic rings. The summed E-state index contributed by atoms with van der Waals surface area (Å²) >= 11 is 0. The number of benzene rings is 1. The predicted molar refractivity (Wildman–Crippen MR) is 78.3 cm³/mol. The second kappa shape index (κ2) is 5.85. The summed E-state index contributed by atoms with van der Waals surface area (Å²) in [5, 5.41) is 9.99. The molecular weight excluding hydrogens is 270 g/mol. The standard InChI is InChI=1S/C15H19N3O3/c16-17-15(20)14-11-3-1-2-4-12(11)21-13(14)8-18-6-5-10(7-18)9-19/h1-4,10,19H,5-9,16H2,(H,17,20). The highest BCUT2D eigenvalue weighted by atomic mass is 16.3. The zero-order chi connectivity index (χ0) is 14.8. The topological polar surface area (TPSA) is 91.7 Å². The van der Waals surface area contributed by atoms with Crippen LogP contribution in [0.25, 0.3) is 11.0 Å². The molecule has 0 saturated carbocycles. The number of carbonyl (C=O) groups excluding carboxylic acids is 1. The summed E-state index contributed by atoms with van der Waals surface area (Å²) < 4.78 is 5.83. The van der Waals surface area contributed by atoms with E-state index in [2.05, 4.69) is 10.3 Å². The Kier molecular flexibility index (Phi) is 3.92. The molecule has 1 fully saturated rings. The summed E-state index contributed by atoms with van der Waals surface area (Å²) in [5.74, 6) is 5.88. The molecule has 6 nitrogen and oxygen atoms in total. The molecule has 2 heterocycles. The highest BCUT2D eigenvalue weighted by Crippen LogP contribution is 2.28. The van der Waals surface area contributed by atoms with E-state index in [9.17, 15) is 9.90 Å². The number of hydrazine groups is 1. The number of rotatable bonds is 4. The van der Waals surface area contributed by atoms with Crippen molar-refractivity contribution in [2.45, 2.75) is 13.0 Å². The number of nitrogens with two attached hydrogens (primary N) is 1. The molecular formula is C15H19N3O3. The van der Waals surface area contributed by atoms with Gasteiger partial charge in [0.05, 0.1) is 12.1 Å². The van der Waals surface area contributed by atoms with Gasteiger partial charge in [-0.15, -0.1) is 0 Å². The zero-order valence-corrected chi connectivity index (χ0v) is 11.7. The molecule has 0 spiro atoms. The monoisotopic (exact) mass is 289 g/mol. The first kappa shape index (κ1) is 14.1. The van der Waals surface area contributed by atoms with Gasteiger partial charge in [-0.2, -0.15) is 0 Å². The molecule has 0 bridgehead atoms. The first-order valence-corrected chi connectivity index (χ1v) is 7.07. The van der Waals surface area contributed by atoms with Crippen LogP contribution >= 0.6 is 0 Å². The van der Waals surface area contributed by atoms with Crippen molar-refractivity contribution in [3.63, 3.8) is 0 Å². The van der Waals surface area contributed by atoms with Gasteiger partial charge >= 0.3 is 0 Å². The largest absolute Gasteiger partial charge is 0.459 e. The van der Waals surface area contributed by atoms with Crippen LogP contribution in [0.5, 0.6) is 0 Å². The van der Waals surface area contributed by atoms with Gasteiger partial charge in [0.2, 0.25) is 0 Å². The van der Waals surface area contributed by atoms with Crippen molar-refractivity contribution in [1.82, 2.24) is 10.3 Å².